The molecular weight excluding hydrogens is 302 g/mol. The van der Waals surface area contributed by atoms with E-state index in [4.69, 9.17) is 31.9 Å². The molecule has 0 unspecified atom stereocenters. The van der Waals surface area contributed by atoms with Crippen LogP contribution in [0.3, 0.4) is 0 Å². The van der Waals surface area contributed by atoms with Crippen molar-refractivity contribution in [2.75, 3.05) is 12.8 Å². The van der Waals surface area contributed by atoms with Gasteiger partial charge in [0.2, 0.25) is 0 Å². The number of anilines is 1. The summed E-state index contributed by atoms with van der Waals surface area (Å²) in [5.74, 6) is -0.409. The lowest BCUT2D eigenvalue weighted by Gasteiger charge is -2.12. The first-order chi connectivity index (χ1) is 9.51. The van der Waals surface area contributed by atoms with Crippen molar-refractivity contribution >= 4 is 34.6 Å². The predicted molar refractivity (Wildman–Crippen MR) is 78.0 cm³/mol. The van der Waals surface area contributed by atoms with Crippen molar-refractivity contribution in [3.63, 3.8) is 0 Å². The van der Waals surface area contributed by atoms with Gasteiger partial charge in [-0.2, -0.15) is 0 Å². The van der Waals surface area contributed by atoms with Crippen molar-refractivity contribution < 1.29 is 19.4 Å². The Kier molecular flexibility index (Phi) is 4.36. The molecule has 5 nitrogen and oxygen atoms in total. The molecule has 1 heterocycles. The second-order valence-corrected chi connectivity index (χ2v) is 5.69. The van der Waals surface area contributed by atoms with E-state index in [-0.39, 0.29) is 17.9 Å². The summed E-state index contributed by atoms with van der Waals surface area (Å²) in [5, 5.41) is 9.05. The molecule has 0 saturated heterocycles. The number of hydrogen-bond acceptors (Lipinski definition) is 5. The molecule has 0 aliphatic rings. The number of methoxy groups -OCH3 is 1. The highest BCUT2D eigenvalue weighted by atomic mass is 35.5. The maximum atomic E-state index is 11.1. The van der Waals surface area contributed by atoms with Gasteiger partial charge >= 0.3 is 5.97 Å². The van der Waals surface area contributed by atoms with Crippen LogP contribution in [0.25, 0.3) is 0 Å². The van der Waals surface area contributed by atoms with E-state index in [2.05, 4.69) is 0 Å². The van der Waals surface area contributed by atoms with Crippen LogP contribution in [-0.4, -0.2) is 18.2 Å². The Morgan fingerprint density at radius 1 is 1.40 bits per heavy atom. The normalized spacial score (nSPS) is 10.3. The molecule has 7 heteroatoms. The first-order valence-electron chi connectivity index (χ1n) is 5.59. The maximum absolute atomic E-state index is 11.1. The number of aromatic carboxylic acids is 1. The van der Waals surface area contributed by atoms with E-state index in [1.165, 1.54) is 30.6 Å². The number of hydrogen-bond donors (Lipinski definition) is 2. The van der Waals surface area contributed by atoms with E-state index in [1.54, 1.807) is 6.07 Å². The van der Waals surface area contributed by atoms with Crippen molar-refractivity contribution in [2.24, 2.45) is 0 Å². The van der Waals surface area contributed by atoms with Crippen LogP contribution in [0.1, 0.15) is 15.2 Å². The Bertz CT molecular complexity index is 641. The Morgan fingerprint density at radius 3 is 2.70 bits per heavy atom. The number of rotatable bonds is 5. The monoisotopic (exact) mass is 313 g/mol. The van der Waals surface area contributed by atoms with Gasteiger partial charge in [0.25, 0.3) is 0 Å². The Morgan fingerprint density at radius 2 is 2.15 bits per heavy atom. The molecular formula is C13H12ClNO4S. The van der Waals surface area contributed by atoms with Crippen LogP contribution in [0.2, 0.25) is 4.34 Å². The molecule has 2 aromatic rings. The molecule has 106 valence electrons. The number of nitrogen functional groups attached to an aromatic ring is 1. The number of benzene rings is 1. The lowest BCUT2D eigenvalue weighted by molar-refractivity contribution is 0.0697. The molecule has 0 aliphatic carbocycles. The topological polar surface area (TPSA) is 81.8 Å². The zero-order chi connectivity index (χ0) is 14.7. The van der Waals surface area contributed by atoms with Crippen LogP contribution in [0.15, 0.2) is 24.3 Å². The van der Waals surface area contributed by atoms with Crippen LogP contribution in [-0.2, 0) is 6.61 Å². The average molecular weight is 314 g/mol. The number of carboxylic acids is 1. The van der Waals surface area contributed by atoms with Crippen LogP contribution >= 0.6 is 22.9 Å². The third kappa shape index (κ3) is 3.15. The number of halogens is 1. The molecule has 1 aromatic heterocycles. The lowest BCUT2D eigenvalue weighted by Crippen LogP contribution is -2.05. The minimum atomic E-state index is -1.12. The molecule has 0 fully saturated rings. The van der Waals surface area contributed by atoms with Crippen molar-refractivity contribution in [1.82, 2.24) is 0 Å². The number of thiophene rings is 1. The number of nitrogens with two attached hydrogens (primary N) is 1. The van der Waals surface area contributed by atoms with E-state index in [9.17, 15) is 4.79 Å². The lowest BCUT2D eigenvalue weighted by atomic mass is 10.1. The van der Waals surface area contributed by atoms with Crippen molar-refractivity contribution in [2.45, 2.75) is 6.61 Å². The molecule has 0 spiro atoms. The summed E-state index contributed by atoms with van der Waals surface area (Å²) in [5.41, 5.74) is 5.75. The average Bonchev–Trinajstić information content (AvgIpc) is 2.82. The smallest absolute Gasteiger partial charge is 0.337 e. The molecule has 2 rings (SSSR count). The minimum Gasteiger partial charge on any atom is -0.493 e. The van der Waals surface area contributed by atoms with Crippen LogP contribution in [0.5, 0.6) is 11.5 Å². The largest absolute Gasteiger partial charge is 0.493 e. The van der Waals surface area contributed by atoms with E-state index >= 15 is 0 Å². The zero-order valence-corrected chi connectivity index (χ0v) is 12.1. The minimum absolute atomic E-state index is 0.0231. The Labute approximate surface area is 124 Å². The summed E-state index contributed by atoms with van der Waals surface area (Å²) in [7, 11) is 1.46. The van der Waals surface area contributed by atoms with Crippen molar-refractivity contribution in [3.8, 4) is 11.5 Å². The fourth-order valence-corrected chi connectivity index (χ4v) is 2.61. The molecule has 1 aromatic carbocycles. The molecule has 0 saturated carbocycles. The van der Waals surface area contributed by atoms with Gasteiger partial charge in [-0.25, -0.2) is 4.79 Å². The summed E-state index contributed by atoms with van der Waals surface area (Å²) in [6.45, 7) is 0.275. The predicted octanol–water partition coefficient (Wildman–Crippen LogP) is 3.27. The summed E-state index contributed by atoms with van der Waals surface area (Å²) in [6, 6.07) is 6.40. The number of ether oxygens (including phenoxy) is 2. The fourth-order valence-electron chi connectivity index (χ4n) is 1.61. The van der Waals surface area contributed by atoms with Gasteiger partial charge in [0.1, 0.15) is 6.61 Å². The summed E-state index contributed by atoms with van der Waals surface area (Å²) in [4.78, 5) is 12.0. The van der Waals surface area contributed by atoms with Crippen LogP contribution < -0.4 is 15.2 Å². The third-order valence-electron chi connectivity index (χ3n) is 2.56. The molecule has 0 bridgehead atoms. The molecule has 3 N–H and O–H groups in total. The molecule has 20 heavy (non-hydrogen) atoms. The Hall–Kier alpha value is -1.92. The van der Waals surface area contributed by atoms with E-state index in [1.807, 2.05) is 6.07 Å². The van der Waals surface area contributed by atoms with Gasteiger partial charge in [-0.1, -0.05) is 11.6 Å². The molecule has 0 radical (unpaired) electrons. The third-order valence-corrected chi connectivity index (χ3v) is 3.77. The zero-order valence-electron chi connectivity index (χ0n) is 10.6. The highest BCUT2D eigenvalue weighted by molar-refractivity contribution is 7.16. The van der Waals surface area contributed by atoms with Crippen LogP contribution in [0.4, 0.5) is 5.69 Å². The first-order valence-corrected chi connectivity index (χ1v) is 6.78. The second kappa shape index (κ2) is 6.02. The molecule has 0 amide bonds. The van der Waals surface area contributed by atoms with Gasteiger partial charge in [0.15, 0.2) is 11.5 Å². The van der Waals surface area contributed by atoms with Crippen molar-refractivity contribution in [3.05, 3.63) is 39.0 Å². The maximum Gasteiger partial charge on any atom is 0.337 e. The molecule has 0 atom stereocenters. The summed E-state index contributed by atoms with van der Waals surface area (Å²) < 4.78 is 11.4. The number of carboxylic acid groups (broad SMARTS) is 1. The highest BCUT2D eigenvalue weighted by Gasteiger charge is 2.15. The fraction of sp³-hybridized carbons (Fsp3) is 0.154. The Balaban J connectivity index is 2.25. The van der Waals surface area contributed by atoms with Crippen LogP contribution in [0, 0.1) is 0 Å². The summed E-state index contributed by atoms with van der Waals surface area (Å²) in [6.07, 6.45) is 0. The quantitative estimate of drug-likeness (QED) is 0.828. The van der Waals surface area contributed by atoms with Gasteiger partial charge in [-0.15, -0.1) is 11.3 Å². The van der Waals surface area contributed by atoms with E-state index in [0.29, 0.717) is 15.8 Å². The highest BCUT2D eigenvalue weighted by Crippen LogP contribution is 2.33. The van der Waals surface area contributed by atoms with Gasteiger partial charge in [0.05, 0.1) is 22.7 Å². The van der Waals surface area contributed by atoms with Gasteiger partial charge < -0.3 is 20.3 Å². The van der Waals surface area contributed by atoms with E-state index < -0.39 is 5.97 Å². The summed E-state index contributed by atoms with van der Waals surface area (Å²) >= 11 is 7.22. The second-order valence-electron chi connectivity index (χ2n) is 3.89. The van der Waals surface area contributed by atoms with Gasteiger partial charge in [0, 0.05) is 17.0 Å². The number of carbonyl (C=O) groups is 1. The van der Waals surface area contributed by atoms with Gasteiger partial charge in [-0.05, 0) is 12.1 Å². The standard InChI is InChI=1S/C13H12ClNO4S/c1-18-10-5-9(15)8(13(16)17)4-11(10)19-6-7-2-3-12(14)20-7/h2-5H,6,15H2,1H3,(H,16,17). The SMILES string of the molecule is COc1cc(N)c(C(=O)O)cc1OCc1ccc(Cl)s1. The molecule has 0 aliphatic heterocycles. The first kappa shape index (κ1) is 14.5. The van der Waals surface area contributed by atoms with Crippen molar-refractivity contribution in [1.29, 1.82) is 0 Å². The van der Waals surface area contributed by atoms with Gasteiger partial charge in [-0.3, -0.25) is 0 Å². The van der Waals surface area contributed by atoms with E-state index in [0.717, 1.165) is 4.88 Å².